The van der Waals surface area contributed by atoms with Crippen LogP contribution in [-0.4, -0.2) is 96.7 Å². The highest BCUT2D eigenvalue weighted by atomic mass is 31.2. The first-order valence-electron chi connectivity index (χ1n) is 42.8. The predicted octanol–water partition coefficient (Wildman–Crippen LogP) is 24.8. The van der Waals surface area contributed by atoms with Gasteiger partial charge in [-0.25, -0.2) is 9.13 Å². The third-order valence-corrected chi connectivity index (χ3v) is 21.9. The van der Waals surface area contributed by atoms with E-state index in [1.807, 2.05) is 0 Å². The van der Waals surface area contributed by atoms with Crippen molar-refractivity contribution in [3.8, 4) is 0 Å². The van der Waals surface area contributed by atoms with Crippen molar-refractivity contribution < 1.29 is 80.2 Å². The smallest absolute Gasteiger partial charge is 0.462 e. The van der Waals surface area contributed by atoms with Gasteiger partial charge in [0.25, 0.3) is 0 Å². The van der Waals surface area contributed by atoms with Crippen molar-refractivity contribution in [2.45, 2.75) is 446 Å². The minimum absolute atomic E-state index is 0.106. The van der Waals surface area contributed by atoms with E-state index >= 15 is 0 Å². The molecule has 0 heterocycles. The van der Waals surface area contributed by atoms with Crippen LogP contribution < -0.4 is 0 Å². The van der Waals surface area contributed by atoms with Gasteiger partial charge in [-0.3, -0.25) is 37.3 Å². The standard InChI is InChI=1S/C83H162O17P2/c1-9-75(7)61-53-45-37-31-25-19-14-15-21-28-34-40-50-58-66-83(88)100-79(70-94-81(86)64-56-48-42-41-46-54-62-76(8)10-2)72-98-102(91,92)96-68-77(84)67-95-101(89,90)97-71-78(69-93-80(85)63-55-47-38-32-26-22-16-18-24-30-36-44-52-60-74(5)6)99-82(87)65-57-49-39-33-27-20-13-11-12-17-23-29-35-43-51-59-73(3)4/h73-79,84H,9-72H2,1-8H3,(H,89,90)(H,91,92)/t75?,76?,77-,78-,79-/m1/s1. The fraction of sp³-hybridized carbons (Fsp3) is 0.952. The number of phosphoric acid groups is 2. The van der Waals surface area contributed by atoms with E-state index in [-0.39, 0.29) is 25.7 Å². The number of aliphatic hydroxyl groups excluding tert-OH is 1. The summed E-state index contributed by atoms with van der Waals surface area (Å²) >= 11 is 0. The molecule has 0 radical (unpaired) electrons. The fourth-order valence-corrected chi connectivity index (χ4v) is 14.3. The van der Waals surface area contributed by atoms with E-state index in [1.54, 1.807) is 0 Å². The number of phosphoric ester groups is 2. The zero-order chi connectivity index (χ0) is 75.3. The van der Waals surface area contributed by atoms with Gasteiger partial charge in [-0.1, -0.05) is 376 Å². The molecule has 0 aliphatic heterocycles. The number of esters is 4. The van der Waals surface area contributed by atoms with E-state index in [2.05, 4.69) is 55.4 Å². The summed E-state index contributed by atoms with van der Waals surface area (Å²) in [5.74, 6) is 1.06. The molecule has 0 saturated carbocycles. The Morgan fingerprint density at radius 1 is 0.275 bits per heavy atom. The maximum atomic E-state index is 13.1. The number of ether oxygens (including phenoxy) is 4. The summed E-state index contributed by atoms with van der Waals surface area (Å²) in [7, 11) is -9.93. The molecule has 102 heavy (non-hydrogen) atoms. The SMILES string of the molecule is CCC(C)CCCCCCCCCCCCCCCCC(=O)O[C@H](COC(=O)CCCCCCCCC(C)CC)COP(=O)(O)OC[C@H](O)COP(=O)(O)OC[C@@H](COC(=O)CCCCCCCCCCCCCCCC(C)C)OC(=O)CCCCCCCCCCCCCCCCCC(C)C. The van der Waals surface area contributed by atoms with E-state index in [0.717, 1.165) is 120 Å². The van der Waals surface area contributed by atoms with Crippen LogP contribution in [0.4, 0.5) is 0 Å². The molecule has 0 amide bonds. The Balaban J connectivity index is 5.25. The molecule has 0 aliphatic carbocycles. The average Bonchev–Trinajstić information content (AvgIpc) is 0.918. The van der Waals surface area contributed by atoms with Crippen LogP contribution in [0.5, 0.6) is 0 Å². The molecule has 7 atom stereocenters. The zero-order valence-corrected chi connectivity index (χ0v) is 69.0. The Bertz CT molecular complexity index is 1990. The van der Waals surface area contributed by atoms with Crippen LogP contribution >= 0.6 is 15.6 Å². The topological polar surface area (TPSA) is 237 Å². The van der Waals surface area contributed by atoms with Gasteiger partial charge in [-0.15, -0.1) is 0 Å². The Labute approximate surface area is 626 Å². The fourth-order valence-electron chi connectivity index (χ4n) is 12.7. The summed E-state index contributed by atoms with van der Waals surface area (Å²) < 4.78 is 68.8. The lowest BCUT2D eigenvalue weighted by atomic mass is 9.99. The molecule has 0 rings (SSSR count). The Morgan fingerprint density at radius 3 is 0.696 bits per heavy atom. The second-order valence-electron chi connectivity index (χ2n) is 31.3. The summed E-state index contributed by atoms with van der Waals surface area (Å²) in [6.45, 7) is 14.3. The molecule has 19 heteroatoms. The summed E-state index contributed by atoms with van der Waals surface area (Å²) in [5.41, 5.74) is 0. The van der Waals surface area contributed by atoms with Gasteiger partial charge in [0.1, 0.15) is 19.3 Å². The maximum Gasteiger partial charge on any atom is 0.472 e. The van der Waals surface area contributed by atoms with E-state index in [4.69, 9.17) is 37.0 Å². The molecule has 0 spiro atoms. The van der Waals surface area contributed by atoms with Crippen LogP contribution in [0.25, 0.3) is 0 Å². The minimum Gasteiger partial charge on any atom is -0.462 e. The molecule has 3 N–H and O–H groups in total. The highest BCUT2D eigenvalue weighted by Crippen LogP contribution is 2.45. The molecule has 0 fully saturated rings. The normalized spacial score (nSPS) is 14.5. The maximum absolute atomic E-state index is 13.1. The predicted molar refractivity (Wildman–Crippen MR) is 418 cm³/mol. The first kappa shape index (κ1) is 100. The van der Waals surface area contributed by atoms with Crippen molar-refractivity contribution in [3.63, 3.8) is 0 Å². The molecule has 0 bridgehead atoms. The molecule has 4 unspecified atom stereocenters. The summed E-state index contributed by atoms with van der Waals surface area (Å²) in [6, 6.07) is 0. The summed E-state index contributed by atoms with van der Waals surface area (Å²) in [6.07, 6.45) is 59.6. The second-order valence-corrected chi connectivity index (χ2v) is 34.2. The summed E-state index contributed by atoms with van der Waals surface area (Å²) in [5, 5.41) is 10.7. The Hall–Kier alpha value is -1.94. The van der Waals surface area contributed by atoms with Gasteiger partial charge in [0.2, 0.25) is 0 Å². The molecule has 606 valence electrons. The van der Waals surface area contributed by atoms with E-state index in [1.165, 1.54) is 225 Å². The number of carbonyl (C=O) groups excluding carboxylic acids is 4. The monoisotopic (exact) mass is 1490 g/mol. The number of rotatable bonds is 80. The molecule has 0 aromatic heterocycles. The zero-order valence-electron chi connectivity index (χ0n) is 67.2. The van der Waals surface area contributed by atoms with Gasteiger partial charge in [0.15, 0.2) is 12.2 Å². The largest absolute Gasteiger partial charge is 0.472 e. The first-order valence-corrected chi connectivity index (χ1v) is 45.8. The lowest BCUT2D eigenvalue weighted by Crippen LogP contribution is -2.30. The van der Waals surface area contributed by atoms with Gasteiger partial charge >= 0.3 is 39.5 Å². The van der Waals surface area contributed by atoms with Crippen LogP contribution in [0.2, 0.25) is 0 Å². The number of hydrogen-bond donors (Lipinski definition) is 3. The molecule has 0 aliphatic rings. The number of carbonyl (C=O) groups is 4. The number of hydrogen-bond acceptors (Lipinski definition) is 15. The van der Waals surface area contributed by atoms with E-state index < -0.39 is 97.5 Å². The molecular weight excluding hydrogens is 1330 g/mol. The quantitative estimate of drug-likeness (QED) is 0.0222. The van der Waals surface area contributed by atoms with Crippen molar-refractivity contribution >= 4 is 39.5 Å². The van der Waals surface area contributed by atoms with Crippen molar-refractivity contribution in [1.82, 2.24) is 0 Å². The molecular formula is C83H162O17P2. The minimum atomic E-state index is -4.96. The van der Waals surface area contributed by atoms with Crippen molar-refractivity contribution in [2.75, 3.05) is 39.6 Å². The molecule has 17 nitrogen and oxygen atoms in total. The molecule has 0 aromatic rings. The van der Waals surface area contributed by atoms with Gasteiger partial charge < -0.3 is 33.8 Å². The third kappa shape index (κ3) is 73.6. The van der Waals surface area contributed by atoms with Crippen molar-refractivity contribution in [1.29, 1.82) is 0 Å². The van der Waals surface area contributed by atoms with Gasteiger partial charge in [0.05, 0.1) is 26.4 Å². The van der Waals surface area contributed by atoms with E-state index in [0.29, 0.717) is 25.7 Å². The Kier molecular flexibility index (Phi) is 70.6. The van der Waals surface area contributed by atoms with E-state index in [9.17, 15) is 43.2 Å². The lowest BCUT2D eigenvalue weighted by molar-refractivity contribution is -0.161. The number of aliphatic hydroxyl groups is 1. The van der Waals surface area contributed by atoms with Crippen LogP contribution in [0.3, 0.4) is 0 Å². The first-order chi connectivity index (χ1) is 49.2. The van der Waals surface area contributed by atoms with Crippen LogP contribution in [-0.2, 0) is 65.4 Å². The Morgan fingerprint density at radius 2 is 0.471 bits per heavy atom. The second kappa shape index (κ2) is 72.0. The van der Waals surface area contributed by atoms with Gasteiger partial charge in [-0.2, -0.15) is 0 Å². The number of unbranched alkanes of at least 4 members (excludes halogenated alkanes) is 44. The van der Waals surface area contributed by atoms with Crippen LogP contribution in [0, 0.1) is 23.7 Å². The van der Waals surface area contributed by atoms with Gasteiger partial charge in [-0.05, 0) is 49.4 Å². The van der Waals surface area contributed by atoms with Crippen LogP contribution in [0.15, 0.2) is 0 Å². The molecule has 0 aromatic carbocycles. The lowest BCUT2D eigenvalue weighted by Gasteiger charge is -2.21. The average molecular weight is 1490 g/mol. The highest BCUT2D eigenvalue weighted by molar-refractivity contribution is 7.47. The summed E-state index contributed by atoms with van der Waals surface area (Å²) in [4.78, 5) is 73.1. The van der Waals surface area contributed by atoms with Crippen molar-refractivity contribution in [2.24, 2.45) is 23.7 Å². The van der Waals surface area contributed by atoms with Crippen LogP contribution in [0.1, 0.15) is 428 Å². The highest BCUT2D eigenvalue weighted by Gasteiger charge is 2.30. The third-order valence-electron chi connectivity index (χ3n) is 20.0. The molecule has 0 saturated heterocycles. The van der Waals surface area contributed by atoms with Gasteiger partial charge in [0, 0.05) is 25.7 Å². The van der Waals surface area contributed by atoms with Crippen molar-refractivity contribution in [3.05, 3.63) is 0 Å².